The van der Waals surface area contributed by atoms with E-state index in [0.717, 1.165) is 10.6 Å². The van der Waals surface area contributed by atoms with E-state index < -0.39 is 0 Å². The minimum atomic E-state index is -0.114. The molecule has 3 heteroatoms. The first-order chi connectivity index (χ1) is 9.65. The second kappa shape index (κ2) is 6.96. The van der Waals surface area contributed by atoms with Gasteiger partial charge in [0.1, 0.15) is 0 Å². The number of anilines is 1. The number of hydrogen-bond donors (Lipinski definition) is 1. The van der Waals surface area contributed by atoms with Gasteiger partial charge in [0.15, 0.2) is 0 Å². The first kappa shape index (κ1) is 14.4. The fraction of sp³-hybridized carbons (Fsp3) is 0.118. The normalized spacial score (nSPS) is 10.7. The highest BCUT2D eigenvalue weighted by Gasteiger charge is 1.99. The van der Waals surface area contributed by atoms with Crippen LogP contribution in [0.15, 0.2) is 64.9 Å². The molecule has 0 radical (unpaired) electrons. The number of hydrogen-bond acceptors (Lipinski definition) is 2. The topological polar surface area (TPSA) is 29.1 Å². The molecule has 0 aliphatic heterocycles. The van der Waals surface area contributed by atoms with Crippen molar-refractivity contribution in [2.24, 2.45) is 0 Å². The molecule has 0 fully saturated rings. The third-order valence-electron chi connectivity index (χ3n) is 2.94. The zero-order valence-corrected chi connectivity index (χ0v) is 12.4. The number of benzene rings is 2. The molecule has 0 aromatic heterocycles. The Morgan fingerprint density at radius 2 is 1.80 bits per heavy atom. The molecule has 102 valence electrons. The molecule has 2 aromatic rings. The van der Waals surface area contributed by atoms with Gasteiger partial charge in [0.05, 0.1) is 0 Å². The predicted molar refractivity (Wildman–Crippen MR) is 86.0 cm³/mol. The summed E-state index contributed by atoms with van der Waals surface area (Å²) in [6.07, 6.45) is 1.55. The molecule has 0 heterocycles. The minimum Gasteiger partial charge on any atom is -0.322 e. The van der Waals surface area contributed by atoms with Gasteiger partial charge in [-0.25, -0.2) is 0 Å². The van der Waals surface area contributed by atoms with Crippen LogP contribution in [0.25, 0.3) is 0 Å². The number of carbonyl (C=O) groups is 1. The lowest BCUT2D eigenvalue weighted by Crippen LogP contribution is -2.07. The maximum atomic E-state index is 11.8. The maximum absolute atomic E-state index is 11.8. The summed E-state index contributed by atoms with van der Waals surface area (Å²) in [6, 6.07) is 15.8. The zero-order chi connectivity index (χ0) is 14.4. The fourth-order valence-electron chi connectivity index (χ4n) is 1.68. The van der Waals surface area contributed by atoms with Gasteiger partial charge in [0.2, 0.25) is 5.91 Å². The van der Waals surface area contributed by atoms with Crippen LogP contribution < -0.4 is 5.32 Å². The Labute approximate surface area is 123 Å². The Morgan fingerprint density at radius 3 is 2.50 bits per heavy atom. The molecule has 0 atom stereocenters. The van der Waals surface area contributed by atoms with Crippen molar-refractivity contribution in [1.29, 1.82) is 0 Å². The molecular weight excluding hydrogens is 266 g/mol. The SMILES string of the molecule is Cc1ccc(NC(=O)/C=C/Sc2ccccc2)cc1C. The van der Waals surface area contributed by atoms with Gasteiger partial charge in [-0.15, -0.1) is 0 Å². The molecule has 2 nitrogen and oxygen atoms in total. The molecule has 0 unspecified atom stereocenters. The first-order valence-electron chi connectivity index (χ1n) is 6.41. The van der Waals surface area contributed by atoms with E-state index in [1.807, 2.05) is 55.5 Å². The van der Waals surface area contributed by atoms with Gasteiger partial charge < -0.3 is 5.32 Å². The van der Waals surface area contributed by atoms with Crippen molar-refractivity contribution in [3.8, 4) is 0 Å². The molecule has 2 aromatic carbocycles. The molecule has 0 saturated carbocycles. The highest BCUT2D eigenvalue weighted by atomic mass is 32.2. The summed E-state index contributed by atoms with van der Waals surface area (Å²) in [7, 11) is 0. The number of aryl methyl sites for hydroxylation is 2. The van der Waals surface area contributed by atoms with Gasteiger partial charge in [-0.1, -0.05) is 36.0 Å². The lowest BCUT2D eigenvalue weighted by atomic mass is 10.1. The third-order valence-corrected chi connectivity index (χ3v) is 3.76. The summed E-state index contributed by atoms with van der Waals surface area (Å²) in [4.78, 5) is 12.9. The molecule has 2 rings (SSSR count). The average Bonchev–Trinajstić information content (AvgIpc) is 2.44. The van der Waals surface area contributed by atoms with Crippen molar-refractivity contribution in [2.75, 3.05) is 5.32 Å². The van der Waals surface area contributed by atoms with E-state index in [9.17, 15) is 4.79 Å². The molecule has 0 spiro atoms. The lowest BCUT2D eigenvalue weighted by molar-refractivity contribution is -0.111. The molecular formula is C17H17NOS. The van der Waals surface area contributed by atoms with Crippen molar-refractivity contribution in [1.82, 2.24) is 0 Å². The van der Waals surface area contributed by atoms with E-state index in [4.69, 9.17) is 0 Å². The number of carbonyl (C=O) groups excluding carboxylic acids is 1. The lowest BCUT2D eigenvalue weighted by Gasteiger charge is -2.05. The quantitative estimate of drug-likeness (QED) is 0.659. The molecule has 1 amide bonds. The Bertz CT molecular complexity index is 620. The van der Waals surface area contributed by atoms with E-state index in [1.54, 1.807) is 11.5 Å². The van der Waals surface area contributed by atoms with Gasteiger partial charge in [0, 0.05) is 16.7 Å². The largest absolute Gasteiger partial charge is 0.322 e. The van der Waals surface area contributed by atoms with Crippen LogP contribution in [0.3, 0.4) is 0 Å². The van der Waals surface area contributed by atoms with Crippen molar-refractivity contribution in [3.05, 3.63) is 71.1 Å². The van der Waals surface area contributed by atoms with Crippen LogP contribution >= 0.6 is 11.8 Å². The van der Waals surface area contributed by atoms with Crippen LogP contribution in [-0.4, -0.2) is 5.91 Å². The van der Waals surface area contributed by atoms with E-state index in [1.165, 1.54) is 22.9 Å². The van der Waals surface area contributed by atoms with E-state index in [0.29, 0.717) is 0 Å². The monoisotopic (exact) mass is 283 g/mol. The number of amides is 1. The van der Waals surface area contributed by atoms with Crippen LogP contribution in [0.2, 0.25) is 0 Å². The molecule has 0 saturated heterocycles. The van der Waals surface area contributed by atoms with E-state index in [-0.39, 0.29) is 5.91 Å². The van der Waals surface area contributed by atoms with Crippen LogP contribution in [0.4, 0.5) is 5.69 Å². The Kier molecular flexibility index (Phi) is 5.02. The van der Waals surface area contributed by atoms with Crippen LogP contribution in [-0.2, 0) is 4.79 Å². The third kappa shape index (κ3) is 4.28. The van der Waals surface area contributed by atoms with Crippen molar-refractivity contribution >= 4 is 23.4 Å². The first-order valence-corrected chi connectivity index (χ1v) is 7.29. The predicted octanol–water partition coefficient (Wildman–Crippen LogP) is 4.55. The average molecular weight is 283 g/mol. The number of rotatable bonds is 4. The molecule has 0 bridgehead atoms. The fourth-order valence-corrected chi connectivity index (χ4v) is 2.34. The molecule has 20 heavy (non-hydrogen) atoms. The van der Waals surface area contributed by atoms with Gasteiger partial charge in [-0.3, -0.25) is 4.79 Å². The molecule has 1 N–H and O–H groups in total. The maximum Gasteiger partial charge on any atom is 0.248 e. The smallest absolute Gasteiger partial charge is 0.248 e. The van der Waals surface area contributed by atoms with E-state index in [2.05, 4.69) is 12.2 Å². The van der Waals surface area contributed by atoms with Crippen molar-refractivity contribution in [3.63, 3.8) is 0 Å². The Balaban J connectivity index is 1.90. The Hall–Kier alpha value is -2.00. The second-order valence-electron chi connectivity index (χ2n) is 4.52. The van der Waals surface area contributed by atoms with Crippen molar-refractivity contribution < 1.29 is 4.79 Å². The van der Waals surface area contributed by atoms with Gasteiger partial charge in [-0.05, 0) is 54.6 Å². The van der Waals surface area contributed by atoms with Crippen LogP contribution in [0.1, 0.15) is 11.1 Å². The second-order valence-corrected chi connectivity index (χ2v) is 5.50. The van der Waals surface area contributed by atoms with Crippen molar-refractivity contribution in [2.45, 2.75) is 18.7 Å². The summed E-state index contributed by atoms with van der Waals surface area (Å²) in [5.41, 5.74) is 3.22. The highest BCUT2D eigenvalue weighted by molar-refractivity contribution is 8.02. The highest BCUT2D eigenvalue weighted by Crippen LogP contribution is 2.18. The summed E-state index contributed by atoms with van der Waals surface area (Å²) in [5.74, 6) is -0.114. The number of nitrogens with one attached hydrogen (secondary N) is 1. The minimum absolute atomic E-state index is 0.114. The van der Waals surface area contributed by atoms with Gasteiger partial charge >= 0.3 is 0 Å². The zero-order valence-electron chi connectivity index (χ0n) is 11.6. The summed E-state index contributed by atoms with van der Waals surface area (Å²) < 4.78 is 0. The standard InChI is InChI=1S/C17H17NOS/c1-13-8-9-15(12-14(13)2)18-17(19)10-11-20-16-6-4-3-5-7-16/h3-12H,1-2H3,(H,18,19)/b11-10+. The Morgan fingerprint density at radius 1 is 1.05 bits per heavy atom. The van der Waals surface area contributed by atoms with E-state index >= 15 is 0 Å². The molecule has 0 aliphatic rings. The number of thioether (sulfide) groups is 1. The van der Waals surface area contributed by atoms with Crippen LogP contribution in [0.5, 0.6) is 0 Å². The summed E-state index contributed by atoms with van der Waals surface area (Å²) >= 11 is 1.52. The van der Waals surface area contributed by atoms with Gasteiger partial charge in [-0.2, -0.15) is 0 Å². The van der Waals surface area contributed by atoms with Crippen LogP contribution in [0, 0.1) is 13.8 Å². The summed E-state index contributed by atoms with van der Waals surface area (Å²) in [5, 5.41) is 4.65. The molecule has 0 aliphatic carbocycles. The summed E-state index contributed by atoms with van der Waals surface area (Å²) in [6.45, 7) is 4.09. The van der Waals surface area contributed by atoms with Gasteiger partial charge in [0.25, 0.3) is 0 Å².